The van der Waals surface area contributed by atoms with Gasteiger partial charge in [0.1, 0.15) is 0 Å². The fourth-order valence-electron chi connectivity index (χ4n) is 21.4. The first-order chi connectivity index (χ1) is 71.4. The third-order valence-electron chi connectivity index (χ3n) is 28.1. The topological polar surface area (TPSA) is 102 Å². The van der Waals surface area contributed by atoms with E-state index < -0.39 is 0 Å². The van der Waals surface area contributed by atoms with Crippen molar-refractivity contribution in [3.63, 3.8) is 0 Å². The van der Waals surface area contributed by atoms with Crippen molar-refractivity contribution in [1.82, 2.24) is 52.7 Å². The Balaban J connectivity index is 0.000000109. The minimum absolute atomic E-state index is 0.647. The highest BCUT2D eigenvalue weighted by Gasteiger charge is 2.25. The van der Waals surface area contributed by atoms with Gasteiger partial charge in [0.25, 0.3) is 0 Å². The molecule has 9 heterocycles. The molecule has 20 aromatic carbocycles. The zero-order valence-corrected chi connectivity index (χ0v) is 78.7. The molecule has 0 saturated carbocycles. The highest BCUT2D eigenvalue weighted by atomic mass is 32.1. The third kappa shape index (κ3) is 14.9. The summed E-state index contributed by atoms with van der Waals surface area (Å²) in [6.07, 6.45) is 5.58. The van der Waals surface area contributed by atoms with Crippen molar-refractivity contribution in [1.29, 1.82) is 0 Å². The van der Waals surface area contributed by atoms with Gasteiger partial charge in [0.15, 0.2) is 0 Å². The van der Waals surface area contributed by atoms with E-state index in [0.717, 1.165) is 78.1 Å². The zero-order chi connectivity index (χ0) is 95.1. The molecular formula is C132H85N11S. The van der Waals surface area contributed by atoms with Crippen LogP contribution in [0.3, 0.4) is 0 Å². The highest BCUT2D eigenvalue weighted by Crippen LogP contribution is 2.47. The van der Waals surface area contributed by atoms with Gasteiger partial charge in [-0.05, 0) is 218 Å². The molecule has 0 fully saturated rings. The largest absolute Gasteiger partial charge is 0.309 e. The van der Waals surface area contributed by atoms with E-state index in [4.69, 9.17) is 29.9 Å². The number of hydrogen-bond donors (Lipinski definition) is 0. The lowest BCUT2D eigenvalue weighted by atomic mass is 9.98. The molecule has 9 aromatic heterocycles. The van der Waals surface area contributed by atoms with E-state index in [1.165, 1.54) is 163 Å². The minimum atomic E-state index is 0.647. The van der Waals surface area contributed by atoms with Crippen molar-refractivity contribution >= 4 is 141 Å². The molecule has 0 spiro atoms. The van der Waals surface area contributed by atoms with Crippen LogP contribution in [0.25, 0.3) is 259 Å². The number of hydrogen-bond acceptors (Lipinski definition) is 7. The second-order valence-electron chi connectivity index (χ2n) is 36.4. The van der Waals surface area contributed by atoms with Crippen molar-refractivity contribution < 1.29 is 0 Å². The van der Waals surface area contributed by atoms with Crippen LogP contribution in [0.5, 0.6) is 0 Å². The monoisotopic (exact) mass is 1860 g/mol. The van der Waals surface area contributed by atoms with Crippen molar-refractivity contribution in [2.75, 3.05) is 0 Å². The van der Waals surface area contributed by atoms with Gasteiger partial charge in [-0.2, -0.15) is 0 Å². The molecule has 0 aliphatic rings. The standard InChI is InChI=1S/C52H34N4.C40H26N4.C40H25N3S/c1-3-12-35(13-4-1)36-22-24-37(25-23-36)38-14-11-15-41(32-38)47-30-31-53-52(54-47)56-49-21-10-8-19-44(49)46-34-40(27-29-51(46)56)39-26-28-50-45(33-39)43-18-7-9-20-48(43)55(50)42-16-5-2-6-17-42;1-3-11-27(12-4-1)35-23-24-41-40(42-35)44-37-18-10-8-16-32(37)34-26-29(20-22-39(34)44)28-19-21-38-33(25-28)31-15-7-9-17-36(31)43(38)30-13-5-2-6-14-30;1-3-10-26(11-4-1)28-18-20-36-33(24-28)34-25-29(30-15-9-16-32-31-14-7-8-17-38(31)44-39(30)32)19-21-37(34)43(36)40-41-23-22-35(42-40)27-12-5-2-6-13-27/h1-34H;1-26H;1-25H. The molecule has 144 heavy (non-hydrogen) atoms. The molecule has 11 nitrogen and oxygen atoms in total. The van der Waals surface area contributed by atoms with Gasteiger partial charge in [0.2, 0.25) is 17.8 Å². The molecule has 674 valence electrons. The summed E-state index contributed by atoms with van der Waals surface area (Å²) >= 11 is 1.87. The van der Waals surface area contributed by atoms with Crippen LogP contribution in [0.15, 0.2) is 516 Å². The van der Waals surface area contributed by atoms with E-state index in [9.17, 15) is 0 Å². The third-order valence-corrected chi connectivity index (χ3v) is 29.3. The first-order valence-electron chi connectivity index (χ1n) is 48.6. The Kier molecular flexibility index (Phi) is 20.9. The summed E-state index contributed by atoms with van der Waals surface area (Å²) in [6, 6.07) is 177. The smallest absolute Gasteiger partial charge is 0.235 e. The van der Waals surface area contributed by atoms with Crippen LogP contribution in [0.4, 0.5) is 0 Å². The first-order valence-corrected chi connectivity index (χ1v) is 49.4. The number of fused-ring (bicyclic) bond motifs is 18. The van der Waals surface area contributed by atoms with Gasteiger partial charge in [-0.1, -0.05) is 346 Å². The predicted octanol–water partition coefficient (Wildman–Crippen LogP) is 34.3. The maximum Gasteiger partial charge on any atom is 0.235 e. The quantitative estimate of drug-likeness (QED) is 0.107. The van der Waals surface area contributed by atoms with E-state index in [0.29, 0.717) is 17.8 Å². The Morgan fingerprint density at radius 3 is 0.812 bits per heavy atom. The van der Waals surface area contributed by atoms with Gasteiger partial charge < -0.3 is 9.13 Å². The zero-order valence-electron chi connectivity index (χ0n) is 77.9. The maximum atomic E-state index is 5.19. The summed E-state index contributed by atoms with van der Waals surface area (Å²) in [5.41, 5.74) is 33.8. The Bertz CT molecular complexity index is 10000. The average Bonchev–Trinajstić information content (AvgIpc) is 1.59. The fraction of sp³-hybridized carbons (Fsp3) is 0. The molecule has 0 aliphatic carbocycles. The molecule has 0 aliphatic heterocycles. The summed E-state index contributed by atoms with van der Waals surface area (Å²) in [5.74, 6) is 1.98. The maximum absolute atomic E-state index is 5.19. The Morgan fingerprint density at radius 1 is 0.153 bits per heavy atom. The van der Waals surface area contributed by atoms with E-state index in [1.54, 1.807) is 0 Å². The van der Waals surface area contributed by atoms with Crippen LogP contribution in [0, 0.1) is 0 Å². The Hall–Kier alpha value is -19.1. The molecule has 29 rings (SSSR count). The lowest BCUT2D eigenvalue weighted by Crippen LogP contribution is -2.01. The summed E-state index contributed by atoms with van der Waals surface area (Å²) in [4.78, 5) is 29.6. The SMILES string of the molecule is c1ccc(-c2ccc(-c3cccc(-c4ccnc(-n5c6ccccc6c6cc(-c7ccc8c(c7)c7ccccc7n8-c7ccccc7)ccc65)n4)c3)cc2)cc1.c1ccc(-c2ccc3c(c2)c2cc(-c4cccc5c4sc4ccccc45)ccc2n3-c2nccc(-c3ccccc3)n2)cc1.c1ccc(-c2ccnc(-n3c4ccccc4c4cc(-c5ccc6c(c5)c5ccccc5n6-c5ccccc5)ccc43)n2)cc1. The van der Waals surface area contributed by atoms with Crippen molar-refractivity contribution in [2.45, 2.75) is 0 Å². The Morgan fingerprint density at radius 2 is 0.403 bits per heavy atom. The molecular weight excluding hydrogens is 1770 g/mol. The van der Waals surface area contributed by atoms with Gasteiger partial charge in [-0.15, -0.1) is 11.3 Å². The first kappa shape index (κ1) is 84.2. The summed E-state index contributed by atoms with van der Waals surface area (Å²) in [5, 5.41) is 14.7. The molecule has 0 radical (unpaired) electrons. The number of thiophene rings is 1. The van der Waals surface area contributed by atoms with Crippen LogP contribution < -0.4 is 0 Å². The molecule has 29 aromatic rings. The second-order valence-corrected chi connectivity index (χ2v) is 37.5. The second kappa shape index (κ2) is 35.7. The average molecular weight is 1860 g/mol. The van der Waals surface area contributed by atoms with E-state index in [-0.39, 0.29) is 0 Å². The summed E-state index contributed by atoms with van der Waals surface area (Å²) < 4.78 is 13.9. The van der Waals surface area contributed by atoms with E-state index in [1.807, 2.05) is 90.6 Å². The van der Waals surface area contributed by atoms with Gasteiger partial charge in [0.05, 0.1) is 72.2 Å². The molecule has 0 unspecified atom stereocenters. The van der Waals surface area contributed by atoms with Gasteiger partial charge in [-0.3, -0.25) is 13.7 Å². The van der Waals surface area contributed by atoms with Crippen LogP contribution in [-0.4, -0.2) is 52.7 Å². The normalized spacial score (nSPS) is 11.6. The minimum Gasteiger partial charge on any atom is -0.309 e. The number of nitrogens with zero attached hydrogens (tertiary/aromatic N) is 11. The van der Waals surface area contributed by atoms with Crippen LogP contribution >= 0.6 is 11.3 Å². The van der Waals surface area contributed by atoms with Crippen molar-refractivity contribution in [3.05, 3.63) is 516 Å². The summed E-state index contributed by atoms with van der Waals surface area (Å²) in [7, 11) is 0. The highest BCUT2D eigenvalue weighted by molar-refractivity contribution is 7.26. The van der Waals surface area contributed by atoms with Gasteiger partial charge in [0, 0.05) is 121 Å². The lowest BCUT2D eigenvalue weighted by molar-refractivity contribution is 0.992. The predicted molar refractivity (Wildman–Crippen MR) is 600 cm³/mol. The van der Waals surface area contributed by atoms with Gasteiger partial charge in [-0.25, -0.2) is 29.9 Å². The van der Waals surface area contributed by atoms with Crippen LogP contribution in [0.1, 0.15) is 0 Å². The molecule has 0 saturated heterocycles. The van der Waals surface area contributed by atoms with Crippen molar-refractivity contribution in [3.8, 4) is 130 Å². The number of para-hydroxylation sites is 6. The molecule has 0 atom stereocenters. The van der Waals surface area contributed by atoms with Crippen LogP contribution in [0.2, 0.25) is 0 Å². The molecule has 0 amide bonds. The molecule has 12 heteroatoms. The van der Waals surface area contributed by atoms with E-state index >= 15 is 0 Å². The Labute approximate surface area is 833 Å². The van der Waals surface area contributed by atoms with Gasteiger partial charge >= 0.3 is 0 Å². The molecule has 0 bridgehead atoms. The van der Waals surface area contributed by atoms with Crippen LogP contribution in [-0.2, 0) is 0 Å². The molecule has 0 N–H and O–H groups in total. The fourth-order valence-corrected chi connectivity index (χ4v) is 22.6. The number of aromatic nitrogens is 11. The lowest BCUT2D eigenvalue weighted by Gasteiger charge is -2.10. The van der Waals surface area contributed by atoms with Crippen molar-refractivity contribution in [2.24, 2.45) is 0 Å². The van der Waals surface area contributed by atoms with E-state index in [2.05, 4.69) is 460 Å². The number of rotatable bonds is 14. The number of benzene rings is 20. The summed E-state index contributed by atoms with van der Waals surface area (Å²) in [6.45, 7) is 0.